The molecule has 2 rings (SSSR count). The Morgan fingerprint density at radius 1 is 1.46 bits per heavy atom. The van der Waals surface area contributed by atoms with Crippen molar-refractivity contribution in [3.63, 3.8) is 0 Å². The number of hydrogen-bond acceptors (Lipinski definition) is 3. The van der Waals surface area contributed by atoms with E-state index in [-0.39, 0.29) is 0 Å². The third-order valence-corrected chi connectivity index (χ3v) is 3.29. The largest absolute Gasteiger partial charge is 0.366 e. The third-order valence-electron chi connectivity index (χ3n) is 3.29. The van der Waals surface area contributed by atoms with Crippen molar-refractivity contribution in [2.45, 2.75) is 24.9 Å². The molecule has 0 spiro atoms. The van der Waals surface area contributed by atoms with Gasteiger partial charge in [0.1, 0.15) is 0 Å². The quantitative estimate of drug-likeness (QED) is 0.585. The molecule has 0 amide bonds. The van der Waals surface area contributed by atoms with Crippen LogP contribution in [-0.2, 0) is 0 Å². The lowest BCUT2D eigenvalue weighted by atomic mass is 10.1. The molecule has 2 saturated heterocycles. The molecule has 2 aliphatic rings. The lowest BCUT2D eigenvalue weighted by Gasteiger charge is -2.22. The van der Waals surface area contributed by atoms with E-state index in [9.17, 15) is 0 Å². The van der Waals surface area contributed by atoms with E-state index in [2.05, 4.69) is 35.8 Å². The van der Waals surface area contributed by atoms with E-state index < -0.39 is 0 Å². The van der Waals surface area contributed by atoms with Crippen LogP contribution in [0.3, 0.4) is 0 Å². The number of rotatable bonds is 0. The summed E-state index contributed by atoms with van der Waals surface area (Å²) in [5.41, 5.74) is 0. The topological polar surface area (TPSA) is 18.5 Å². The lowest BCUT2D eigenvalue weighted by molar-refractivity contribution is 0.297. The van der Waals surface area contributed by atoms with Crippen molar-refractivity contribution in [2.75, 3.05) is 27.2 Å². The van der Waals surface area contributed by atoms with E-state index in [1.54, 1.807) is 0 Å². The fourth-order valence-corrected chi connectivity index (χ4v) is 2.44. The first-order chi connectivity index (χ1) is 6.18. The maximum Gasteiger partial charge on any atom is 0.0942 e. The summed E-state index contributed by atoms with van der Waals surface area (Å²) in [6.07, 6.45) is 2.59. The minimum atomic E-state index is 0.588. The summed E-state index contributed by atoms with van der Waals surface area (Å²) >= 11 is 0. The van der Waals surface area contributed by atoms with Crippen molar-refractivity contribution in [1.29, 1.82) is 0 Å². The van der Waals surface area contributed by atoms with E-state index in [0.29, 0.717) is 12.1 Å². The fraction of sp³-hybridized carbons (Fsp3) is 0.800. The van der Waals surface area contributed by atoms with Gasteiger partial charge in [-0.05, 0) is 26.4 Å². The second-order valence-electron chi connectivity index (χ2n) is 4.28. The number of nitrogens with one attached hydrogen (secondary N) is 1. The van der Waals surface area contributed by atoms with Crippen LogP contribution in [0, 0.1) is 0 Å². The molecule has 13 heavy (non-hydrogen) atoms. The van der Waals surface area contributed by atoms with Crippen LogP contribution in [0.5, 0.6) is 0 Å². The van der Waals surface area contributed by atoms with Crippen LogP contribution >= 0.6 is 0 Å². The smallest absolute Gasteiger partial charge is 0.0942 e. The number of fused-ring (bicyclic) bond motifs is 1. The molecule has 0 aromatic heterocycles. The number of likely N-dealkylation sites (tertiary alicyclic amines) is 1. The van der Waals surface area contributed by atoms with Gasteiger partial charge in [0.15, 0.2) is 0 Å². The number of likely N-dealkylation sites (N-methyl/N-ethyl adjacent to an activating group) is 2. The van der Waals surface area contributed by atoms with E-state index in [1.165, 1.54) is 19.4 Å². The summed E-state index contributed by atoms with van der Waals surface area (Å²) in [6, 6.07) is 1.25. The van der Waals surface area contributed by atoms with Gasteiger partial charge in [0.25, 0.3) is 0 Å². The Morgan fingerprint density at radius 2 is 2.23 bits per heavy atom. The zero-order valence-electron chi connectivity index (χ0n) is 8.58. The molecule has 0 saturated carbocycles. The Bertz CT molecular complexity index is 214. The molecule has 2 atom stereocenters. The van der Waals surface area contributed by atoms with Crippen LogP contribution in [0.2, 0.25) is 0 Å². The monoisotopic (exact) mass is 181 g/mol. The lowest BCUT2D eigenvalue weighted by Crippen LogP contribution is -2.40. The first-order valence-corrected chi connectivity index (χ1v) is 5.05. The Hall–Kier alpha value is -0.700. The SMILES string of the molecule is C=C1NC2CN(C)CCCC2N1C. The summed E-state index contributed by atoms with van der Waals surface area (Å²) in [5.74, 6) is 1.09. The average Bonchev–Trinajstić information content (AvgIpc) is 2.28. The van der Waals surface area contributed by atoms with Crippen molar-refractivity contribution in [1.82, 2.24) is 15.1 Å². The molecular weight excluding hydrogens is 162 g/mol. The van der Waals surface area contributed by atoms with Crippen LogP contribution < -0.4 is 5.32 Å². The second kappa shape index (κ2) is 3.22. The molecule has 2 unspecified atom stereocenters. The van der Waals surface area contributed by atoms with Gasteiger partial charge in [-0.25, -0.2) is 0 Å². The molecule has 2 heterocycles. The van der Waals surface area contributed by atoms with E-state index in [4.69, 9.17) is 0 Å². The Labute approximate surface area is 80.4 Å². The summed E-state index contributed by atoms with van der Waals surface area (Å²) in [4.78, 5) is 4.70. The average molecular weight is 181 g/mol. The van der Waals surface area contributed by atoms with Gasteiger partial charge in [0, 0.05) is 13.6 Å². The van der Waals surface area contributed by atoms with Gasteiger partial charge >= 0.3 is 0 Å². The zero-order chi connectivity index (χ0) is 9.42. The third kappa shape index (κ3) is 1.53. The molecule has 0 aromatic carbocycles. The van der Waals surface area contributed by atoms with Crippen LogP contribution in [0.4, 0.5) is 0 Å². The molecule has 0 bridgehead atoms. The molecule has 0 radical (unpaired) electrons. The molecule has 2 fully saturated rings. The highest BCUT2D eigenvalue weighted by atomic mass is 15.3. The molecule has 74 valence electrons. The van der Waals surface area contributed by atoms with Gasteiger partial charge in [-0.3, -0.25) is 0 Å². The highest BCUT2D eigenvalue weighted by Crippen LogP contribution is 2.23. The normalized spacial score (nSPS) is 35.5. The maximum atomic E-state index is 4.01. The van der Waals surface area contributed by atoms with Crippen molar-refractivity contribution in [3.05, 3.63) is 12.4 Å². The first-order valence-electron chi connectivity index (χ1n) is 5.05. The van der Waals surface area contributed by atoms with Gasteiger partial charge in [-0.1, -0.05) is 6.58 Å². The van der Waals surface area contributed by atoms with Crippen molar-refractivity contribution in [2.24, 2.45) is 0 Å². The highest BCUT2D eigenvalue weighted by molar-refractivity contribution is 5.08. The van der Waals surface area contributed by atoms with Crippen LogP contribution in [0.25, 0.3) is 0 Å². The van der Waals surface area contributed by atoms with Gasteiger partial charge in [0.2, 0.25) is 0 Å². The van der Waals surface area contributed by atoms with Crippen LogP contribution in [0.15, 0.2) is 12.4 Å². The minimum absolute atomic E-state index is 0.588. The van der Waals surface area contributed by atoms with Crippen molar-refractivity contribution < 1.29 is 0 Å². The first kappa shape index (κ1) is 8.88. The maximum absolute atomic E-state index is 4.01. The van der Waals surface area contributed by atoms with Crippen molar-refractivity contribution >= 4 is 0 Å². The predicted molar refractivity (Wildman–Crippen MR) is 54.3 cm³/mol. The standard InChI is InChI=1S/C10H19N3/c1-8-11-9-7-12(2)6-4-5-10(9)13(8)3/h9-11H,1,4-7H2,2-3H3. The van der Waals surface area contributed by atoms with E-state index >= 15 is 0 Å². The van der Waals surface area contributed by atoms with E-state index in [0.717, 1.165) is 12.4 Å². The molecule has 0 aromatic rings. The fourth-order valence-electron chi connectivity index (χ4n) is 2.44. The second-order valence-corrected chi connectivity index (χ2v) is 4.28. The Kier molecular flexibility index (Phi) is 2.20. The molecule has 3 heteroatoms. The molecular formula is C10H19N3. The molecule has 1 N–H and O–H groups in total. The Morgan fingerprint density at radius 3 is 3.00 bits per heavy atom. The van der Waals surface area contributed by atoms with Gasteiger partial charge in [-0.2, -0.15) is 0 Å². The highest BCUT2D eigenvalue weighted by Gasteiger charge is 2.35. The summed E-state index contributed by atoms with van der Waals surface area (Å²) in [5, 5.41) is 3.47. The molecule has 2 aliphatic heterocycles. The summed E-state index contributed by atoms with van der Waals surface area (Å²) in [7, 11) is 4.34. The van der Waals surface area contributed by atoms with Gasteiger partial charge < -0.3 is 15.1 Å². The van der Waals surface area contributed by atoms with Crippen LogP contribution in [-0.4, -0.2) is 49.1 Å². The number of hydrogen-bond donors (Lipinski definition) is 1. The minimum Gasteiger partial charge on any atom is -0.366 e. The van der Waals surface area contributed by atoms with Crippen LogP contribution in [0.1, 0.15) is 12.8 Å². The van der Waals surface area contributed by atoms with Crippen molar-refractivity contribution in [3.8, 4) is 0 Å². The van der Waals surface area contributed by atoms with Gasteiger partial charge in [-0.15, -0.1) is 0 Å². The zero-order valence-corrected chi connectivity index (χ0v) is 8.58. The molecule has 0 aliphatic carbocycles. The summed E-state index contributed by atoms with van der Waals surface area (Å²) in [6.45, 7) is 6.39. The molecule has 3 nitrogen and oxygen atoms in total. The number of nitrogens with zero attached hydrogens (tertiary/aromatic N) is 2. The predicted octanol–water partition coefficient (Wildman–Crippen LogP) is 0.455. The summed E-state index contributed by atoms with van der Waals surface area (Å²) < 4.78 is 0. The van der Waals surface area contributed by atoms with Gasteiger partial charge in [0.05, 0.1) is 17.9 Å². The van der Waals surface area contributed by atoms with E-state index in [1.807, 2.05) is 0 Å². The Balaban J connectivity index is 2.10.